The van der Waals surface area contributed by atoms with Crippen molar-refractivity contribution in [1.29, 1.82) is 0 Å². The number of hydrogen-bond donors (Lipinski definition) is 1. The quantitative estimate of drug-likeness (QED) is 0.914. The van der Waals surface area contributed by atoms with Crippen molar-refractivity contribution in [2.24, 2.45) is 0 Å². The van der Waals surface area contributed by atoms with Gasteiger partial charge in [-0.05, 0) is 25.1 Å². The van der Waals surface area contributed by atoms with Crippen LogP contribution in [0.15, 0.2) is 16.5 Å². The highest BCUT2D eigenvalue weighted by atomic mass is 32.2. The number of carbonyl (C=O) groups is 1. The zero-order valence-corrected chi connectivity index (χ0v) is 11.6. The van der Waals surface area contributed by atoms with Gasteiger partial charge in [0, 0.05) is 17.0 Å². The Morgan fingerprint density at radius 2 is 2.28 bits per heavy atom. The Kier molecular flexibility index (Phi) is 4.02. The highest BCUT2D eigenvalue weighted by molar-refractivity contribution is 8.00. The van der Waals surface area contributed by atoms with E-state index in [1.165, 1.54) is 6.07 Å². The SMILES string of the molecule is CC1(C)CCN(Cc2ccc(C(=O)O)o2)CCS1. The van der Waals surface area contributed by atoms with Crippen LogP contribution in [-0.4, -0.2) is 39.6 Å². The molecule has 18 heavy (non-hydrogen) atoms. The lowest BCUT2D eigenvalue weighted by Gasteiger charge is -2.21. The molecule has 2 heterocycles. The van der Waals surface area contributed by atoms with Gasteiger partial charge >= 0.3 is 5.97 Å². The minimum absolute atomic E-state index is 0.0227. The fourth-order valence-electron chi connectivity index (χ4n) is 2.02. The first kappa shape index (κ1) is 13.5. The average molecular weight is 269 g/mol. The molecule has 4 nitrogen and oxygen atoms in total. The first-order chi connectivity index (χ1) is 8.46. The molecule has 0 amide bonds. The van der Waals surface area contributed by atoms with Gasteiger partial charge in [0.25, 0.3) is 0 Å². The Hall–Kier alpha value is -0.940. The predicted molar refractivity (Wildman–Crippen MR) is 72.1 cm³/mol. The number of furan rings is 1. The summed E-state index contributed by atoms with van der Waals surface area (Å²) in [6.45, 7) is 7.30. The van der Waals surface area contributed by atoms with Crippen LogP contribution in [0.1, 0.15) is 36.6 Å². The second-order valence-corrected chi connectivity index (χ2v) is 7.01. The molecule has 0 aromatic carbocycles. The number of nitrogens with zero attached hydrogens (tertiary/aromatic N) is 1. The number of carboxylic acid groups (broad SMARTS) is 1. The van der Waals surface area contributed by atoms with E-state index >= 15 is 0 Å². The second-order valence-electron chi connectivity index (χ2n) is 5.21. The molecule has 0 atom stereocenters. The number of carboxylic acids is 1. The third-order valence-corrected chi connectivity index (χ3v) is 4.55. The lowest BCUT2D eigenvalue weighted by Crippen LogP contribution is -2.26. The minimum atomic E-state index is -1.01. The van der Waals surface area contributed by atoms with Crippen molar-refractivity contribution in [3.05, 3.63) is 23.7 Å². The average Bonchev–Trinajstić information content (AvgIpc) is 2.67. The van der Waals surface area contributed by atoms with Crippen LogP contribution in [-0.2, 0) is 6.54 Å². The lowest BCUT2D eigenvalue weighted by atomic mass is 10.1. The Balaban J connectivity index is 1.94. The summed E-state index contributed by atoms with van der Waals surface area (Å²) in [6.07, 6.45) is 1.14. The number of rotatable bonds is 3. The first-order valence-corrected chi connectivity index (χ1v) is 7.13. The normalized spacial score (nSPS) is 20.6. The van der Waals surface area contributed by atoms with E-state index in [4.69, 9.17) is 9.52 Å². The molecule has 5 heteroatoms. The summed E-state index contributed by atoms with van der Waals surface area (Å²) in [5, 5.41) is 8.81. The summed E-state index contributed by atoms with van der Waals surface area (Å²) in [5.41, 5.74) is 0. The third-order valence-electron chi connectivity index (χ3n) is 3.18. The van der Waals surface area contributed by atoms with Gasteiger partial charge in [0.05, 0.1) is 6.54 Å². The van der Waals surface area contributed by atoms with Crippen LogP contribution < -0.4 is 0 Å². The van der Waals surface area contributed by atoms with Crippen LogP contribution in [0.2, 0.25) is 0 Å². The van der Waals surface area contributed by atoms with Gasteiger partial charge < -0.3 is 9.52 Å². The predicted octanol–water partition coefficient (Wildman–Crippen LogP) is 2.70. The Morgan fingerprint density at radius 1 is 1.50 bits per heavy atom. The van der Waals surface area contributed by atoms with Gasteiger partial charge in [0.15, 0.2) is 0 Å². The summed E-state index contributed by atoms with van der Waals surface area (Å²) in [6, 6.07) is 3.28. The number of thioether (sulfide) groups is 1. The van der Waals surface area contributed by atoms with Crippen LogP contribution in [0.3, 0.4) is 0 Å². The van der Waals surface area contributed by atoms with Crippen LogP contribution in [0, 0.1) is 0 Å². The Bertz CT molecular complexity index is 428. The highest BCUT2D eigenvalue weighted by Crippen LogP contribution is 2.31. The smallest absolute Gasteiger partial charge is 0.371 e. The van der Waals surface area contributed by atoms with Gasteiger partial charge in [-0.15, -0.1) is 0 Å². The lowest BCUT2D eigenvalue weighted by molar-refractivity contribution is 0.0658. The van der Waals surface area contributed by atoms with Gasteiger partial charge in [-0.1, -0.05) is 13.8 Å². The van der Waals surface area contributed by atoms with E-state index < -0.39 is 5.97 Å². The molecular formula is C13H19NO3S. The van der Waals surface area contributed by atoms with Gasteiger partial charge in [-0.2, -0.15) is 11.8 Å². The maximum absolute atomic E-state index is 10.7. The van der Waals surface area contributed by atoms with E-state index in [2.05, 4.69) is 18.7 Å². The van der Waals surface area contributed by atoms with Crippen molar-refractivity contribution in [3.63, 3.8) is 0 Å². The zero-order chi connectivity index (χ0) is 13.2. The fraction of sp³-hybridized carbons (Fsp3) is 0.615. The summed E-state index contributed by atoms with van der Waals surface area (Å²) < 4.78 is 5.63. The molecule has 1 saturated heterocycles. The monoisotopic (exact) mass is 269 g/mol. The largest absolute Gasteiger partial charge is 0.475 e. The van der Waals surface area contributed by atoms with Crippen molar-refractivity contribution in [1.82, 2.24) is 4.90 Å². The number of aromatic carboxylic acids is 1. The third kappa shape index (κ3) is 3.53. The molecule has 0 saturated carbocycles. The number of hydrogen-bond acceptors (Lipinski definition) is 4. The fourth-order valence-corrected chi connectivity index (χ4v) is 3.16. The van der Waals surface area contributed by atoms with Gasteiger partial charge in [0.2, 0.25) is 5.76 Å². The molecule has 1 fully saturated rings. The molecule has 1 N–H and O–H groups in total. The van der Waals surface area contributed by atoms with Crippen LogP contribution >= 0.6 is 11.8 Å². The zero-order valence-electron chi connectivity index (χ0n) is 10.8. The summed E-state index contributed by atoms with van der Waals surface area (Å²) >= 11 is 2.00. The molecular weight excluding hydrogens is 250 g/mol. The van der Waals surface area contributed by atoms with Gasteiger partial charge in [-0.25, -0.2) is 4.79 Å². The van der Waals surface area contributed by atoms with E-state index in [-0.39, 0.29) is 5.76 Å². The van der Waals surface area contributed by atoms with E-state index in [0.717, 1.165) is 31.0 Å². The molecule has 0 bridgehead atoms. The van der Waals surface area contributed by atoms with Crippen molar-refractivity contribution < 1.29 is 14.3 Å². The molecule has 100 valence electrons. The summed E-state index contributed by atoms with van der Waals surface area (Å²) in [5.74, 6) is 0.861. The molecule has 0 aliphatic carbocycles. The Morgan fingerprint density at radius 3 is 2.94 bits per heavy atom. The van der Waals surface area contributed by atoms with Gasteiger partial charge in [-0.3, -0.25) is 4.90 Å². The van der Waals surface area contributed by atoms with Crippen molar-refractivity contribution in [2.45, 2.75) is 31.6 Å². The van der Waals surface area contributed by atoms with Crippen molar-refractivity contribution in [2.75, 3.05) is 18.8 Å². The van der Waals surface area contributed by atoms with Crippen LogP contribution in [0.25, 0.3) is 0 Å². The van der Waals surface area contributed by atoms with Crippen molar-refractivity contribution in [3.8, 4) is 0 Å². The topological polar surface area (TPSA) is 53.7 Å². The molecule has 1 aromatic rings. The van der Waals surface area contributed by atoms with E-state index in [1.54, 1.807) is 6.07 Å². The highest BCUT2D eigenvalue weighted by Gasteiger charge is 2.24. The summed E-state index contributed by atoms with van der Waals surface area (Å²) in [4.78, 5) is 13.1. The van der Waals surface area contributed by atoms with E-state index in [0.29, 0.717) is 11.3 Å². The van der Waals surface area contributed by atoms with E-state index in [1.807, 2.05) is 11.8 Å². The summed E-state index contributed by atoms with van der Waals surface area (Å²) in [7, 11) is 0. The maximum Gasteiger partial charge on any atom is 0.371 e. The standard InChI is InChI=1S/C13H19NO3S/c1-13(2)5-6-14(7-8-18-13)9-10-3-4-11(17-10)12(15)16/h3-4H,5-9H2,1-2H3,(H,15,16). The minimum Gasteiger partial charge on any atom is -0.475 e. The van der Waals surface area contributed by atoms with E-state index in [9.17, 15) is 4.79 Å². The Labute approximate surface area is 111 Å². The van der Waals surface area contributed by atoms with Crippen LogP contribution in [0.4, 0.5) is 0 Å². The molecule has 0 unspecified atom stereocenters. The van der Waals surface area contributed by atoms with Crippen LogP contribution in [0.5, 0.6) is 0 Å². The molecule has 1 aliphatic heterocycles. The molecule has 0 spiro atoms. The van der Waals surface area contributed by atoms with Crippen molar-refractivity contribution >= 4 is 17.7 Å². The molecule has 2 rings (SSSR count). The molecule has 1 aromatic heterocycles. The first-order valence-electron chi connectivity index (χ1n) is 6.15. The van der Waals surface area contributed by atoms with Gasteiger partial charge in [0.1, 0.15) is 5.76 Å². The second kappa shape index (κ2) is 5.36. The maximum atomic E-state index is 10.7. The molecule has 0 radical (unpaired) electrons. The molecule has 1 aliphatic rings.